The highest BCUT2D eigenvalue weighted by atomic mass is 35.5. The molecule has 0 aliphatic rings. The summed E-state index contributed by atoms with van der Waals surface area (Å²) >= 11 is 5.64. The van der Waals surface area contributed by atoms with Crippen molar-refractivity contribution in [3.63, 3.8) is 0 Å². The maximum atomic E-state index is 5.64. The van der Waals surface area contributed by atoms with Gasteiger partial charge in [0, 0.05) is 23.6 Å². The molecule has 2 rings (SSSR count). The van der Waals surface area contributed by atoms with Gasteiger partial charge >= 0.3 is 7.62 Å². The highest BCUT2D eigenvalue weighted by Gasteiger charge is 2.06. The molecule has 18 heavy (non-hydrogen) atoms. The van der Waals surface area contributed by atoms with E-state index < -0.39 is 0 Å². The molecule has 0 aliphatic heterocycles. The fraction of sp³-hybridized carbons (Fsp3) is 0.231. The first-order valence-electron chi connectivity index (χ1n) is 5.68. The average molecular weight is 263 g/mol. The van der Waals surface area contributed by atoms with Crippen molar-refractivity contribution in [1.82, 2.24) is 0 Å². The molecule has 0 spiro atoms. The summed E-state index contributed by atoms with van der Waals surface area (Å²) in [6, 6.07) is 11.9. The molecule has 0 saturated heterocycles. The van der Waals surface area contributed by atoms with E-state index in [2.05, 4.69) is 5.23 Å². The van der Waals surface area contributed by atoms with Gasteiger partial charge in [0.25, 0.3) is 0 Å². The maximum Gasteiger partial charge on any atom is 0.435 e. The SMILES string of the molecule is CO[B]Nc1ccc(OCCCl)c2ccccc12. The molecule has 0 saturated carbocycles. The number of rotatable bonds is 6. The highest BCUT2D eigenvalue weighted by molar-refractivity contribution is 6.33. The van der Waals surface area contributed by atoms with Gasteiger partial charge in [-0.2, -0.15) is 0 Å². The van der Waals surface area contributed by atoms with Crippen LogP contribution in [0.15, 0.2) is 36.4 Å². The highest BCUT2D eigenvalue weighted by Crippen LogP contribution is 2.31. The lowest BCUT2D eigenvalue weighted by Gasteiger charge is -2.12. The normalized spacial score (nSPS) is 10.3. The van der Waals surface area contributed by atoms with Crippen LogP contribution in [0.1, 0.15) is 0 Å². The Morgan fingerprint density at radius 2 is 1.94 bits per heavy atom. The molecule has 3 nitrogen and oxygen atoms in total. The molecule has 0 amide bonds. The van der Waals surface area contributed by atoms with Crippen molar-refractivity contribution >= 4 is 35.7 Å². The van der Waals surface area contributed by atoms with Crippen molar-refractivity contribution in [1.29, 1.82) is 0 Å². The van der Waals surface area contributed by atoms with Crippen molar-refractivity contribution in [2.24, 2.45) is 0 Å². The van der Waals surface area contributed by atoms with Gasteiger partial charge in [-0.15, -0.1) is 11.6 Å². The van der Waals surface area contributed by atoms with Crippen LogP contribution in [0.2, 0.25) is 0 Å². The summed E-state index contributed by atoms with van der Waals surface area (Å²) in [5.41, 5.74) is 0.977. The van der Waals surface area contributed by atoms with E-state index in [1.807, 2.05) is 36.4 Å². The Kier molecular flexibility index (Phi) is 4.73. The molecular weight excluding hydrogens is 248 g/mol. The number of hydrogen-bond acceptors (Lipinski definition) is 3. The summed E-state index contributed by atoms with van der Waals surface area (Å²) in [4.78, 5) is 0. The van der Waals surface area contributed by atoms with E-state index in [4.69, 9.17) is 21.0 Å². The lowest BCUT2D eigenvalue weighted by Crippen LogP contribution is -2.08. The third-order valence-electron chi connectivity index (χ3n) is 2.55. The minimum atomic E-state index is 0.478. The van der Waals surface area contributed by atoms with E-state index in [1.165, 1.54) is 0 Å². The fourth-order valence-electron chi connectivity index (χ4n) is 1.79. The lowest BCUT2D eigenvalue weighted by molar-refractivity contribution is 0.347. The van der Waals surface area contributed by atoms with Crippen molar-refractivity contribution in [3.8, 4) is 5.75 Å². The summed E-state index contributed by atoms with van der Waals surface area (Å²) in [7, 11) is 3.15. The first kappa shape index (κ1) is 13.1. The molecule has 0 aromatic heterocycles. The van der Waals surface area contributed by atoms with Crippen LogP contribution >= 0.6 is 11.6 Å². The van der Waals surface area contributed by atoms with Gasteiger partial charge in [-0.05, 0) is 12.1 Å². The quantitative estimate of drug-likeness (QED) is 0.641. The van der Waals surface area contributed by atoms with Crippen LogP contribution in [0.25, 0.3) is 10.8 Å². The minimum absolute atomic E-state index is 0.478. The Morgan fingerprint density at radius 1 is 1.17 bits per heavy atom. The zero-order valence-electron chi connectivity index (χ0n) is 10.2. The second kappa shape index (κ2) is 6.52. The molecule has 1 radical (unpaired) electrons. The van der Waals surface area contributed by atoms with Gasteiger partial charge in [0.15, 0.2) is 0 Å². The van der Waals surface area contributed by atoms with Gasteiger partial charge in [0.05, 0.1) is 5.88 Å². The number of ether oxygens (including phenoxy) is 1. The maximum absolute atomic E-state index is 5.64. The van der Waals surface area contributed by atoms with Gasteiger partial charge in [-0.25, -0.2) is 0 Å². The van der Waals surface area contributed by atoms with Gasteiger partial charge in [-0.3, -0.25) is 0 Å². The van der Waals surface area contributed by atoms with E-state index in [-0.39, 0.29) is 0 Å². The molecule has 2 aromatic carbocycles. The van der Waals surface area contributed by atoms with E-state index in [9.17, 15) is 0 Å². The second-order valence-electron chi connectivity index (χ2n) is 3.69. The van der Waals surface area contributed by atoms with Gasteiger partial charge in [-0.1, -0.05) is 24.3 Å². The topological polar surface area (TPSA) is 30.5 Å². The largest absolute Gasteiger partial charge is 0.492 e. The predicted molar refractivity (Wildman–Crippen MR) is 76.5 cm³/mol. The summed E-state index contributed by atoms with van der Waals surface area (Å²) in [5.74, 6) is 1.32. The van der Waals surface area contributed by atoms with Crippen molar-refractivity contribution in [2.75, 3.05) is 24.8 Å². The van der Waals surface area contributed by atoms with Crippen LogP contribution in [-0.4, -0.2) is 27.2 Å². The summed E-state index contributed by atoms with van der Waals surface area (Å²) in [5, 5.41) is 5.23. The third-order valence-corrected chi connectivity index (χ3v) is 2.71. The number of hydrogen-bond donors (Lipinski definition) is 1. The minimum Gasteiger partial charge on any atom is -0.492 e. The van der Waals surface area contributed by atoms with Crippen LogP contribution in [0.4, 0.5) is 5.69 Å². The molecule has 1 N–H and O–H groups in total. The first-order valence-corrected chi connectivity index (χ1v) is 6.22. The van der Waals surface area contributed by atoms with Crippen LogP contribution in [0, 0.1) is 0 Å². The number of nitrogens with one attached hydrogen (secondary N) is 1. The van der Waals surface area contributed by atoms with E-state index in [0.717, 1.165) is 22.2 Å². The number of alkyl halides is 1. The molecule has 5 heteroatoms. The molecule has 0 heterocycles. The lowest BCUT2D eigenvalue weighted by atomic mass is 10.1. The van der Waals surface area contributed by atoms with E-state index >= 15 is 0 Å². The smallest absolute Gasteiger partial charge is 0.435 e. The number of halogens is 1. The number of benzene rings is 2. The molecule has 2 aromatic rings. The monoisotopic (exact) mass is 262 g/mol. The van der Waals surface area contributed by atoms with Gasteiger partial charge < -0.3 is 14.6 Å². The molecule has 0 unspecified atom stereocenters. The van der Waals surface area contributed by atoms with Crippen LogP contribution in [0.5, 0.6) is 5.75 Å². The molecule has 93 valence electrons. The Hall–Kier alpha value is -1.39. The van der Waals surface area contributed by atoms with Crippen LogP contribution in [-0.2, 0) is 4.65 Å². The Morgan fingerprint density at radius 3 is 2.67 bits per heavy atom. The molecule has 0 fully saturated rings. The predicted octanol–water partition coefficient (Wildman–Crippen LogP) is 3.05. The van der Waals surface area contributed by atoms with E-state index in [0.29, 0.717) is 12.5 Å². The standard InChI is InChI=1S/C13H14BClNO2/c1-17-14-16-12-6-7-13(18-9-8-15)11-5-3-2-4-10(11)12/h2-7,16H,8-9H2,1H3. The Bertz CT molecular complexity index is 475. The number of anilines is 1. The summed E-state index contributed by atoms with van der Waals surface area (Å²) in [6.07, 6.45) is 0. The molecule has 0 aliphatic carbocycles. The first-order chi connectivity index (χ1) is 8.86. The van der Waals surface area contributed by atoms with Crippen molar-refractivity contribution < 1.29 is 9.39 Å². The van der Waals surface area contributed by atoms with Gasteiger partial charge in [0.2, 0.25) is 0 Å². The zero-order chi connectivity index (χ0) is 12.8. The summed E-state index contributed by atoms with van der Waals surface area (Å²) < 4.78 is 10.5. The van der Waals surface area contributed by atoms with Crippen molar-refractivity contribution in [3.05, 3.63) is 36.4 Å². The third kappa shape index (κ3) is 2.89. The molecular formula is C13H14BClNO2. The van der Waals surface area contributed by atoms with Crippen LogP contribution < -0.4 is 9.96 Å². The van der Waals surface area contributed by atoms with E-state index in [1.54, 1.807) is 14.7 Å². The van der Waals surface area contributed by atoms with Crippen LogP contribution in [0.3, 0.4) is 0 Å². The fourth-order valence-corrected chi connectivity index (χ4v) is 1.87. The molecule has 0 bridgehead atoms. The number of fused-ring (bicyclic) bond motifs is 1. The summed E-state index contributed by atoms with van der Waals surface area (Å²) in [6.45, 7) is 0.503. The second-order valence-corrected chi connectivity index (χ2v) is 4.07. The Labute approximate surface area is 112 Å². The zero-order valence-corrected chi connectivity index (χ0v) is 10.9. The molecule has 0 atom stereocenters. The van der Waals surface area contributed by atoms with Crippen molar-refractivity contribution in [2.45, 2.75) is 0 Å². The Balaban J connectivity index is 2.38. The van der Waals surface area contributed by atoms with Gasteiger partial charge in [0.1, 0.15) is 12.4 Å². The average Bonchev–Trinajstić information content (AvgIpc) is 2.43.